The summed E-state index contributed by atoms with van der Waals surface area (Å²) in [5, 5.41) is 3.03. The van der Waals surface area contributed by atoms with Crippen molar-refractivity contribution in [2.75, 3.05) is 32.6 Å². The van der Waals surface area contributed by atoms with Crippen molar-refractivity contribution in [3.8, 4) is 11.5 Å². The molecule has 1 saturated heterocycles. The molecule has 0 saturated carbocycles. The summed E-state index contributed by atoms with van der Waals surface area (Å²) in [6.45, 7) is 3.30. The summed E-state index contributed by atoms with van der Waals surface area (Å²) in [5.74, 6) is 1.53. The lowest BCUT2D eigenvalue weighted by Gasteiger charge is -2.30. The number of nitrogens with one attached hydrogen (secondary N) is 1. The molecule has 5 nitrogen and oxygen atoms in total. The first-order valence-corrected chi connectivity index (χ1v) is 9.93. The molecule has 150 valence electrons. The highest BCUT2D eigenvalue weighted by molar-refractivity contribution is 5.93. The van der Waals surface area contributed by atoms with Gasteiger partial charge in [0.2, 0.25) is 5.91 Å². The van der Waals surface area contributed by atoms with Crippen molar-refractivity contribution in [2.45, 2.75) is 38.6 Å². The van der Waals surface area contributed by atoms with Crippen LogP contribution < -0.4 is 14.8 Å². The molecule has 0 spiro atoms. The number of aryl methyl sites for hydroxylation is 1. The summed E-state index contributed by atoms with van der Waals surface area (Å²) in [7, 11) is 3.30. The molecule has 2 aromatic carbocycles. The zero-order valence-electron chi connectivity index (χ0n) is 17.0. The largest absolute Gasteiger partial charge is 0.497 e. The minimum Gasteiger partial charge on any atom is -0.497 e. The van der Waals surface area contributed by atoms with Gasteiger partial charge in [-0.3, -0.25) is 9.69 Å². The SMILES string of the molecule is COc1ccc([C@H]2CCCCCN2CC(=O)Nc2cc(C)ccc2OC)cc1. The van der Waals surface area contributed by atoms with Gasteiger partial charge in [-0.05, 0) is 61.7 Å². The topological polar surface area (TPSA) is 50.8 Å². The Morgan fingerprint density at radius 1 is 1.07 bits per heavy atom. The van der Waals surface area contributed by atoms with E-state index in [1.165, 1.54) is 18.4 Å². The third kappa shape index (κ3) is 5.04. The molecule has 1 amide bonds. The van der Waals surface area contributed by atoms with Crippen LogP contribution in [0.25, 0.3) is 0 Å². The van der Waals surface area contributed by atoms with Crippen LogP contribution in [-0.2, 0) is 4.79 Å². The summed E-state index contributed by atoms with van der Waals surface area (Å²) < 4.78 is 10.7. The maximum absolute atomic E-state index is 12.8. The van der Waals surface area contributed by atoms with Gasteiger partial charge in [0, 0.05) is 6.04 Å². The van der Waals surface area contributed by atoms with Gasteiger partial charge in [0.15, 0.2) is 0 Å². The van der Waals surface area contributed by atoms with Gasteiger partial charge in [0.1, 0.15) is 11.5 Å². The normalized spacial score (nSPS) is 17.6. The lowest BCUT2D eigenvalue weighted by atomic mass is 10.0. The molecule has 2 aromatic rings. The highest BCUT2D eigenvalue weighted by Gasteiger charge is 2.25. The molecule has 1 aliphatic rings. The van der Waals surface area contributed by atoms with Crippen LogP contribution in [0.3, 0.4) is 0 Å². The number of likely N-dealkylation sites (tertiary alicyclic amines) is 1. The number of rotatable bonds is 6. The van der Waals surface area contributed by atoms with Gasteiger partial charge in [-0.25, -0.2) is 0 Å². The monoisotopic (exact) mass is 382 g/mol. The first-order valence-electron chi connectivity index (χ1n) is 9.93. The number of hydrogen-bond donors (Lipinski definition) is 1. The van der Waals surface area contributed by atoms with E-state index in [1.54, 1.807) is 14.2 Å². The molecule has 0 radical (unpaired) electrons. The maximum atomic E-state index is 12.8. The van der Waals surface area contributed by atoms with Crippen LogP contribution >= 0.6 is 0 Å². The van der Waals surface area contributed by atoms with E-state index in [9.17, 15) is 4.79 Å². The third-order valence-corrected chi connectivity index (χ3v) is 5.34. The van der Waals surface area contributed by atoms with E-state index in [4.69, 9.17) is 9.47 Å². The van der Waals surface area contributed by atoms with Gasteiger partial charge in [0.05, 0.1) is 26.5 Å². The summed E-state index contributed by atoms with van der Waals surface area (Å²) in [6.07, 6.45) is 4.57. The van der Waals surface area contributed by atoms with E-state index in [0.29, 0.717) is 12.3 Å². The van der Waals surface area contributed by atoms with E-state index in [0.717, 1.165) is 36.4 Å². The van der Waals surface area contributed by atoms with Crippen molar-refractivity contribution in [1.29, 1.82) is 0 Å². The number of methoxy groups -OCH3 is 2. The fraction of sp³-hybridized carbons (Fsp3) is 0.435. The Balaban J connectivity index is 1.73. The Hall–Kier alpha value is -2.53. The number of amides is 1. The quantitative estimate of drug-likeness (QED) is 0.795. The van der Waals surface area contributed by atoms with Crippen LogP contribution in [0.1, 0.15) is 42.9 Å². The number of hydrogen-bond acceptors (Lipinski definition) is 4. The standard InChI is InChI=1S/C23H30N2O3/c1-17-8-13-22(28-3)20(15-17)24-23(26)16-25-14-6-4-5-7-21(25)18-9-11-19(27-2)12-10-18/h8-13,15,21H,4-7,14,16H2,1-3H3,(H,24,26)/t21-/m1/s1. The summed E-state index contributed by atoms with van der Waals surface area (Å²) in [4.78, 5) is 15.1. The predicted molar refractivity (Wildman–Crippen MR) is 112 cm³/mol. The second kappa shape index (κ2) is 9.60. The highest BCUT2D eigenvalue weighted by atomic mass is 16.5. The minimum atomic E-state index is -0.00990. The number of anilines is 1. The maximum Gasteiger partial charge on any atom is 0.238 e. The van der Waals surface area contributed by atoms with E-state index < -0.39 is 0 Å². The smallest absolute Gasteiger partial charge is 0.238 e. The highest BCUT2D eigenvalue weighted by Crippen LogP contribution is 2.31. The number of nitrogens with zero attached hydrogens (tertiary/aromatic N) is 1. The second-order valence-electron chi connectivity index (χ2n) is 7.36. The lowest BCUT2D eigenvalue weighted by Crippen LogP contribution is -2.36. The fourth-order valence-corrected chi connectivity index (χ4v) is 3.85. The first-order chi connectivity index (χ1) is 13.6. The molecule has 0 aliphatic carbocycles. The predicted octanol–water partition coefficient (Wildman–Crippen LogP) is 4.57. The van der Waals surface area contributed by atoms with Gasteiger partial charge in [-0.2, -0.15) is 0 Å². The van der Waals surface area contributed by atoms with Crippen LogP contribution in [0.15, 0.2) is 42.5 Å². The van der Waals surface area contributed by atoms with Crippen LogP contribution in [0.4, 0.5) is 5.69 Å². The van der Waals surface area contributed by atoms with E-state index in [-0.39, 0.29) is 11.9 Å². The Morgan fingerprint density at radius 3 is 2.57 bits per heavy atom. The lowest BCUT2D eigenvalue weighted by molar-refractivity contribution is -0.117. The van der Waals surface area contributed by atoms with Crippen molar-refractivity contribution >= 4 is 11.6 Å². The number of benzene rings is 2. The zero-order chi connectivity index (χ0) is 19.9. The Bertz CT molecular complexity index is 789. The first kappa shape index (κ1) is 20.2. The average Bonchev–Trinajstić information content (AvgIpc) is 2.93. The van der Waals surface area contributed by atoms with Gasteiger partial charge >= 0.3 is 0 Å². The van der Waals surface area contributed by atoms with E-state index in [1.807, 2.05) is 37.3 Å². The molecular weight excluding hydrogens is 352 g/mol. The van der Waals surface area contributed by atoms with Crippen LogP contribution in [-0.4, -0.2) is 38.1 Å². The van der Waals surface area contributed by atoms with Crippen molar-refractivity contribution in [3.05, 3.63) is 53.6 Å². The molecule has 3 rings (SSSR count). The Labute approximate surface area is 167 Å². The van der Waals surface area contributed by atoms with Crippen molar-refractivity contribution < 1.29 is 14.3 Å². The second-order valence-corrected chi connectivity index (χ2v) is 7.36. The molecular formula is C23H30N2O3. The van der Waals surface area contributed by atoms with Crippen LogP contribution in [0, 0.1) is 6.92 Å². The van der Waals surface area contributed by atoms with Gasteiger partial charge < -0.3 is 14.8 Å². The average molecular weight is 383 g/mol. The van der Waals surface area contributed by atoms with Crippen LogP contribution in [0.5, 0.6) is 11.5 Å². The minimum absolute atomic E-state index is 0.00990. The summed E-state index contributed by atoms with van der Waals surface area (Å²) in [6, 6.07) is 14.3. The molecule has 0 bridgehead atoms. The summed E-state index contributed by atoms with van der Waals surface area (Å²) in [5.41, 5.74) is 3.05. The molecule has 1 heterocycles. The van der Waals surface area contributed by atoms with E-state index in [2.05, 4.69) is 22.3 Å². The van der Waals surface area contributed by atoms with Crippen molar-refractivity contribution in [3.63, 3.8) is 0 Å². The third-order valence-electron chi connectivity index (χ3n) is 5.34. The van der Waals surface area contributed by atoms with E-state index >= 15 is 0 Å². The van der Waals surface area contributed by atoms with Crippen molar-refractivity contribution in [1.82, 2.24) is 4.90 Å². The van der Waals surface area contributed by atoms with Gasteiger partial charge in [-0.15, -0.1) is 0 Å². The fourth-order valence-electron chi connectivity index (χ4n) is 3.85. The molecule has 1 fully saturated rings. The molecule has 1 atom stereocenters. The van der Waals surface area contributed by atoms with Gasteiger partial charge in [0.25, 0.3) is 0 Å². The number of ether oxygens (including phenoxy) is 2. The Kier molecular flexibility index (Phi) is 6.93. The molecule has 1 aliphatic heterocycles. The molecule has 1 N–H and O–H groups in total. The van der Waals surface area contributed by atoms with Crippen LogP contribution in [0.2, 0.25) is 0 Å². The zero-order valence-corrected chi connectivity index (χ0v) is 17.0. The number of carbonyl (C=O) groups excluding carboxylic acids is 1. The molecule has 28 heavy (non-hydrogen) atoms. The molecule has 0 aromatic heterocycles. The van der Waals surface area contributed by atoms with Crippen molar-refractivity contribution in [2.24, 2.45) is 0 Å². The number of carbonyl (C=O) groups is 1. The van der Waals surface area contributed by atoms with Gasteiger partial charge in [-0.1, -0.05) is 31.0 Å². The summed E-state index contributed by atoms with van der Waals surface area (Å²) >= 11 is 0. The molecule has 5 heteroatoms. The molecule has 0 unspecified atom stereocenters. The Morgan fingerprint density at radius 2 is 1.86 bits per heavy atom.